The van der Waals surface area contributed by atoms with E-state index in [-0.39, 0.29) is 5.41 Å². The van der Waals surface area contributed by atoms with Crippen LogP contribution in [-0.2, 0) is 21.0 Å². The van der Waals surface area contributed by atoms with Crippen molar-refractivity contribution in [2.75, 3.05) is 36.7 Å². The molecule has 3 nitrogen and oxygen atoms in total. The van der Waals surface area contributed by atoms with E-state index >= 15 is 0 Å². The van der Waals surface area contributed by atoms with Gasteiger partial charge in [-0.3, -0.25) is 0 Å². The molecule has 3 aromatic rings. The van der Waals surface area contributed by atoms with Gasteiger partial charge in [0.15, 0.2) is 4.90 Å². The van der Waals surface area contributed by atoms with E-state index in [0.29, 0.717) is 24.1 Å². The van der Waals surface area contributed by atoms with Gasteiger partial charge in [-0.2, -0.15) is 0 Å². The van der Waals surface area contributed by atoms with Crippen molar-refractivity contribution in [1.29, 1.82) is 0 Å². The lowest BCUT2D eigenvalue weighted by atomic mass is 9.87. The molecule has 3 aromatic carbocycles. The van der Waals surface area contributed by atoms with Gasteiger partial charge in [0.25, 0.3) is 0 Å². The van der Waals surface area contributed by atoms with E-state index in [1.807, 2.05) is 12.1 Å². The van der Waals surface area contributed by atoms with E-state index in [1.54, 1.807) is 7.11 Å². The second kappa shape index (κ2) is 10.7. The second-order valence-electron chi connectivity index (χ2n) is 9.57. The van der Waals surface area contributed by atoms with Crippen LogP contribution in [0.4, 0.5) is 17.1 Å². The van der Waals surface area contributed by atoms with E-state index in [9.17, 15) is 0 Å². The Balaban J connectivity index is 1.65. The van der Waals surface area contributed by atoms with Crippen molar-refractivity contribution in [1.82, 2.24) is 0 Å². The van der Waals surface area contributed by atoms with Gasteiger partial charge in [-0.05, 0) is 84.5 Å². The molecule has 0 saturated carbocycles. The van der Waals surface area contributed by atoms with Gasteiger partial charge in [0.05, 0.1) is 6.61 Å². The Morgan fingerprint density at radius 1 is 0.727 bits per heavy atom. The number of nitrogens with zero attached hydrogens (tertiary/aromatic N) is 1. The van der Waals surface area contributed by atoms with Crippen molar-refractivity contribution in [3.63, 3.8) is 0 Å². The monoisotopic (exact) mass is 462 g/mol. The largest absolute Gasteiger partial charge is 0.491 e. The molecule has 0 radical (unpaired) electrons. The number of ether oxygens (including phenoxy) is 2. The van der Waals surface area contributed by atoms with Crippen LogP contribution in [0, 0.1) is 0 Å². The summed E-state index contributed by atoms with van der Waals surface area (Å²) in [7, 11) is 2.12. The van der Waals surface area contributed by atoms with E-state index in [4.69, 9.17) is 9.47 Å². The van der Waals surface area contributed by atoms with Crippen molar-refractivity contribution in [3.05, 3.63) is 78.4 Å². The van der Waals surface area contributed by atoms with E-state index in [0.717, 1.165) is 17.1 Å². The Bertz CT molecular complexity index is 1000. The van der Waals surface area contributed by atoms with Crippen molar-refractivity contribution < 1.29 is 9.47 Å². The van der Waals surface area contributed by atoms with Crippen molar-refractivity contribution >= 4 is 28.0 Å². The van der Waals surface area contributed by atoms with Gasteiger partial charge >= 0.3 is 0 Å². The Morgan fingerprint density at radius 3 is 1.76 bits per heavy atom. The van der Waals surface area contributed by atoms with Gasteiger partial charge in [0.1, 0.15) is 23.9 Å². The van der Waals surface area contributed by atoms with Gasteiger partial charge in [-0.1, -0.05) is 32.9 Å². The molecule has 4 heteroatoms. The van der Waals surface area contributed by atoms with Crippen LogP contribution >= 0.6 is 0 Å². The SMILES string of the molecule is COCCOc1ccc(N(c2ccc([S+]3CCCC3)cc2)c2ccc(C(C)(C)C)cc2)cc1. The van der Waals surface area contributed by atoms with Gasteiger partial charge in [0.2, 0.25) is 0 Å². The summed E-state index contributed by atoms with van der Waals surface area (Å²) in [5, 5.41) is 0. The smallest absolute Gasteiger partial charge is 0.155 e. The highest BCUT2D eigenvalue weighted by Crippen LogP contribution is 2.37. The maximum atomic E-state index is 5.78. The highest BCUT2D eigenvalue weighted by molar-refractivity contribution is 7.97. The maximum absolute atomic E-state index is 5.78. The molecule has 174 valence electrons. The van der Waals surface area contributed by atoms with Crippen LogP contribution in [0.2, 0.25) is 0 Å². The molecule has 1 saturated heterocycles. The number of benzene rings is 3. The minimum absolute atomic E-state index is 0.133. The Labute approximate surface area is 202 Å². The molecule has 0 bridgehead atoms. The van der Waals surface area contributed by atoms with Gasteiger partial charge in [0, 0.05) is 35.1 Å². The first-order valence-electron chi connectivity index (χ1n) is 11.9. The molecule has 0 unspecified atom stereocenters. The third-order valence-corrected chi connectivity index (χ3v) is 8.60. The Kier molecular flexibility index (Phi) is 7.67. The molecule has 0 spiro atoms. The predicted molar refractivity (Wildman–Crippen MR) is 142 cm³/mol. The molecule has 0 aromatic heterocycles. The summed E-state index contributed by atoms with van der Waals surface area (Å²) >= 11 is 0. The minimum Gasteiger partial charge on any atom is -0.491 e. The van der Waals surface area contributed by atoms with Crippen LogP contribution in [0.15, 0.2) is 77.7 Å². The molecule has 0 aliphatic carbocycles. The normalized spacial score (nSPS) is 14.4. The number of rotatable bonds is 8. The molecule has 0 amide bonds. The molecule has 1 aliphatic heterocycles. The van der Waals surface area contributed by atoms with E-state index < -0.39 is 0 Å². The zero-order valence-electron chi connectivity index (χ0n) is 20.3. The number of methoxy groups -OCH3 is 1. The molecule has 0 N–H and O–H groups in total. The quantitative estimate of drug-likeness (QED) is 0.260. The van der Waals surface area contributed by atoms with Crippen molar-refractivity contribution in [3.8, 4) is 5.75 Å². The van der Waals surface area contributed by atoms with Crippen LogP contribution < -0.4 is 9.64 Å². The molecule has 1 aliphatic rings. The Morgan fingerprint density at radius 2 is 1.24 bits per heavy atom. The summed E-state index contributed by atoms with van der Waals surface area (Å²) in [5.74, 6) is 3.56. The lowest BCUT2D eigenvalue weighted by Crippen LogP contribution is -2.13. The van der Waals surface area contributed by atoms with Gasteiger partial charge in [-0.15, -0.1) is 0 Å². The third kappa shape index (κ3) is 5.93. The summed E-state index contributed by atoms with van der Waals surface area (Å²) in [4.78, 5) is 3.83. The van der Waals surface area contributed by atoms with Crippen molar-refractivity contribution in [2.45, 2.75) is 43.9 Å². The predicted octanol–water partition coefficient (Wildman–Crippen LogP) is 7.25. The Hall–Kier alpha value is -2.43. The lowest BCUT2D eigenvalue weighted by molar-refractivity contribution is 0.146. The first kappa shape index (κ1) is 23.7. The van der Waals surface area contributed by atoms with Crippen LogP contribution in [0.1, 0.15) is 39.2 Å². The fourth-order valence-corrected chi connectivity index (χ4v) is 6.47. The molecule has 1 fully saturated rings. The van der Waals surface area contributed by atoms with Gasteiger partial charge < -0.3 is 14.4 Å². The van der Waals surface area contributed by atoms with E-state index in [2.05, 4.69) is 86.3 Å². The molecule has 33 heavy (non-hydrogen) atoms. The average molecular weight is 463 g/mol. The summed E-state index contributed by atoms with van der Waals surface area (Å²) in [6.07, 6.45) is 2.74. The lowest BCUT2D eigenvalue weighted by Gasteiger charge is -2.27. The number of anilines is 3. The molecule has 1 heterocycles. The zero-order chi connectivity index (χ0) is 23.3. The van der Waals surface area contributed by atoms with Crippen LogP contribution in [0.5, 0.6) is 5.75 Å². The fourth-order valence-electron chi connectivity index (χ4n) is 4.17. The van der Waals surface area contributed by atoms with Crippen molar-refractivity contribution in [2.24, 2.45) is 0 Å². The van der Waals surface area contributed by atoms with Crippen LogP contribution in [0.25, 0.3) is 0 Å². The van der Waals surface area contributed by atoms with Crippen LogP contribution in [-0.4, -0.2) is 31.8 Å². The third-order valence-electron chi connectivity index (χ3n) is 6.10. The summed E-state index contributed by atoms with van der Waals surface area (Å²) in [5.41, 5.74) is 4.93. The summed E-state index contributed by atoms with van der Waals surface area (Å²) < 4.78 is 10.9. The maximum Gasteiger partial charge on any atom is 0.155 e. The highest BCUT2D eigenvalue weighted by atomic mass is 32.2. The first-order chi connectivity index (χ1) is 16.0. The molecule has 4 rings (SSSR count). The number of hydrogen-bond acceptors (Lipinski definition) is 3. The van der Waals surface area contributed by atoms with Gasteiger partial charge in [-0.25, -0.2) is 0 Å². The minimum atomic E-state index is 0.133. The topological polar surface area (TPSA) is 21.7 Å². The summed E-state index contributed by atoms with van der Waals surface area (Å²) in [6.45, 7) is 7.90. The molecular formula is C29H36NO2S+. The standard InChI is InChI=1S/C29H36NO2S/c1-29(2,3)23-7-9-24(10-8-23)30(25-11-15-27(16-12-25)32-20-19-31-4)26-13-17-28(18-14-26)33-21-5-6-22-33/h7-18H,5-6,19-22H2,1-4H3/q+1. The fraction of sp³-hybridized carbons (Fsp3) is 0.379. The zero-order valence-corrected chi connectivity index (χ0v) is 21.2. The number of hydrogen-bond donors (Lipinski definition) is 0. The molecule has 0 atom stereocenters. The summed E-state index contributed by atoms with van der Waals surface area (Å²) in [6, 6.07) is 26.5. The highest BCUT2D eigenvalue weighted by Gasteiger charge is 2.27. The van der Waals surface area contributed by atoms with Crippen LogP contribution in [0.3, 0.4) is 0 Å². The second-order valence-corrected chi connectivity index (χ2v) is 11.8. The molecular weight excluding hydrogens is 426 g/mol. The average Bonchev–Trinajstić information content (AvgIpc) is 3.36. The van der Waals surface area contributed by atoms with E-state index in [1.165, 1.54) is 40.5 Å². The first-order valence-corrected chi connectivity index (χ1v) is 13.4.